The summed E-state index contributed by atoms with van der Waals surface area (Å²) in [6.07, 6.45) is 0.442. The van der Waals surface area contributed by atoms with Gasteiger partial charge in [0.25, 0.3) is 0 Å². The van der Waals surface area contributed by atoms with Crippen molar-refractivity contribution in [2.45, 2.75) is 19.4 Å². The highest BCUT2D eigenvalue weighted by Crippen LogP contribution is 2.29. The highest BCUT2D eigenvalue weighted by atomic mass is 79.9. The first-order chi connectivity index (χ1) is 9.60. The molecule has 5 heteroatoms. The average Bonchev–Trinajstić information content (AvgIpc) is 2.42. The van der Waals surface area contributed by atoms with Crippen LogP contribution in [-0.4, -0.2) is 45.6 Å². The second-order valence-corrected chi connectivity index (χ2v) is 5.62. The molecule has 1 rings (SSSR count). The lowest BCUT2D eigenvalue weighted by molar-refractivity contribution is 0.189. The summed E-state index contributed by atoms with van der Waals surface area (Å²) in [5.74, 6) is 0. The molecule has 0 radical (unpaired) electrons. The summed E-state index contributed by atoms with van der Waals surface area (Å²) in [7, 11) is 3.41. The maximum atomic E-state index is 9.94. The number of benzene rings is 1. The first kappa shape index (κ1) is 17.4. The van der Waals surface area contributed by atoms with Gasteiger partial charge in [0.15, 0.2) is 0 Å². The van der Waals surface area contributed by atoms with Gasteiger partial charge in [-0.15, -0.1) is 0 Å². The monoisotopic (exact) mass is 345 g/mol. The summed E-state index contributed by atoms with van der Waals surface area (Å²) >= 11 is 3.50. The van der Waals surface area contributed by atoms with Gasteiger partial charge in [0, 0.05) is 49.6 Å². The molecule has 0 bridgehead atoms. The fourth-order valence-electron chi connectivity index (χ4n) is 2.10. The molecule has 20 heavy (non-hydrogen) atoms. The minimum Gasteiger partial charge on any atom is -0.389 e. The smallest absolute Gasteiger partial charge is 0.0782 e. The van der Waals surface area contributed by atoms with Crippen molar-refractivity contribution in [1.29, 1.82) is 0 Å². The zero-order chi connectivity index (χ0) is 15.0. The molecule has 0 heterocycles. The molecule has 0 spiro atoms. The molecule has 0 saturated carbocycles. The van der Waals surface area contributed by atoms with E-state index in [1.165, 1.54) is 0 Å². The van der Waals surface area contributed by atoms with E-state index in [4.69, 9.17) is 9.47 Å². The number of halogens is 1. The van der Waals surface area contributed by atoms with Crippen molar-refractivity contribution >= 4 is 21.6 Å². The van der Waals surface area contributed by atoms with Crippen molar-refractivity contribution in [3.05, 3.63) is 28.2 Å². The topological polar surface area (TPSA) is 41.9 Å². The first-order valence-corrected chi connectivity index (χ1v) is 7.59. The number of hydrogen-bond donors (Lipinski definition) is 1. The van der Waals surface area contributed by atoms with Crippen molar-refractivity contribution in [3.63, 3.8) is 0 Å². The predicted molar refractivity (Wildman–Crippen MR) is 85.4 cm³/mol. The molecule has 0 aromatic heterocycles. The molecule has 4 nitrogen and oxygen atoms in total. The quantitative estimate of drug-likeness (QED) is 0.698. The minimum atomic E-state index is -0.495. The average molecular weight is 346 g/mol. The Morgan fingerprint density at radius 2 is 1.90 bits per heavy atom. The number of nitrogens with zero attached hydrogens (tertiary/aromatic N) is 1. The van der Waals surface area contributed by atoms with E-state index in [1.54, 1.807) is 21.1 Å². The van der Waals surface area contributed by atoms with Crippen LogP contribution in [0.4, 0.5) is 5.69 Å². The summed E-state index contributed by atoms with van der Waals surface area (Å²) in [5.41, 5.74) is 1.98. The number of hydrogen-bond acceptors (Lipinski definition) is 4. The standard InChI is InChI=1S/C15H24BrNO3/c1-12(18)14-6-5-13(16)11-15(14)17(8-10-20-3)7-4-9-19-2/h5-6,11-12,18H,4,7-10H2,1-3H3. The van der Waals surface area contributed by atoms with Crippen LogP contribution in [0.3, 0.4) is 0 Å². The maximum Gasteiger partial charge on any atom is 0.0782 e. The van der Waals surface area contributed by atoms with E-state index < -0.39 is 6.10 Å². The molecule has 0 aliphatic rings. The van der Waals surface area contributed by atoms with Gasteiger partial charge >= 0.3 is 0 Å². The van der Waals surface area contributed by atoms with Gasteiger partial charge in [0.1, 0.15) is 0 Å². The van der Waals surface area contributed by atoms with Crippen LogP contribution in [0.1, 0.15) is 25.0 Å². The molecular weight excluding hydrogens is 322 g/mol. The predicted octanol–water partition coefficient (Wildman–Crippen LogP) is 2.99. The fraction of sp³-hybridized carbons (Fsp3) is 0.600. The van der Waals surface area contributed by atoms with Crippen LogP contribution in [0, 0.1) is 0 Å². The van der Waals surface area contributed by atoms with E-state index in [1.807, 2.05) is 18.2 Å². The zero-order valence-electron chi connectivity index (χ0n) is 12.4. The number of anilines is 1. The van der Waals surface area contributed by atoms with E-state index >= 15 is 0 Å². The second-order valence-electron chi connectivity index (χ2n) is 4.71. The molecule has 1 aromatic carbocycles. The van der Waals surface area contributed by atoms with Crippen molar-refractivity contribution in [3.8, 4) is 0 Å². The van der Waals surface area contributed by atoms with E-state index in [0.29, 0.717) is 6.61 Å². The molecule has 0 amide bonds. The Morgan fingerprint density at radius 3 is 2.50 bits per heavy atom. The summed E-state index contributed by atoms with van der Waals surface area (Å²) in [4.78, 5) is 2.23. The summed E-state index contributed by atoms with van der Waals surface area (Å²) in [5, 5.41) is 9.94. The minimum absolute atomic E-state index is 0.495. The van der Waals surface area contributed by atoms with Crippen LogP contribution in [0.25, 0.3) is 0 Å². The third-order valence-corrected chi connectivity index (χ3v) is 3.62. The van der Waals surface area contributed by atoms with E-state index in [2.05, 4.69) is 20.8 Å². The van der Waals surface area contributed by atoms with E-state index in [-0.39, 0.29) is 0 Å². The van der Waals surface area contributed by atoms with Gasteiger partial charge in [-0.2, -0.15) is 0 Å². The second kappa shape index (κ2) is 9.34. The summed E-state index contributed by atoms with van der Waals surface area (Å²) < 4.78 is 11.3. The molecule has 114 valence electrons. The van der Waals surface area contributed by atoms with Gasteiger partial charge in [0.05, 0.1) is 12.7 Å². The Kier molecular flexibility index (Phi) is 8.14. The number of methoxy groups -OCH3 is 2. The maximum absolute atomic E-state index is 9.94. The Hall–Kier alpha value is -0.620. The molecule has 0 aliphatic heterocycles. The van der Waals surface area contributed by atoms with Gasteiger partial charge in [-0.05, 0) is 25.5 Å². The van der Waals surface area contributed by atoms with Gasteiger partial charge in [-0.3, -0.25) is 0 Å². The van der Waals surface area contributed by atoms with E-state index in [0.717, 1.165) is 41.8 Å². The van der Waals surface area contributed by atoms with Gasteiger partial charge in [-0.25, -0.2) is 0 Å². The van der Waals surface area contributed by atoms with E-state index in [9.17, 15) is 5.11 Å². The molecule has 1 aromatic rings. The number of aliphatic hydroxyl groups excluding tert-OH is 1. The largest absolute Gasteiger partial charge is 0.389 e. The lowest BCUT2D eigenvalue weighted by atomic mass is 10.1. The fourth-order valence-corrected chi connectivity index (χ4v) is 2.45. The molecule has 1 unspecified atom stereocenters. The molecular formula is C15H24BrNO3. The number of rotatable bonds is 9. The molecule has 0 fully saturated rings. The van der Waals surface area contributed by atoms with Crippen LogP contribution in [0.2, 0.25) is 0 Å². The van der Waals surface area contributed by atoms with Crippen LogP contribution >= 0.6 is 15.9 Å². The van der Waals surface area contributed by atoms with Gasteiger partial charge in [0.2, 0.25) is 0 Å². The van der Waals surface area contributed by atoms with Crippen LogP contribution in [0.5, 0.6) is 0 Å². The van der Waals surface area contributed by atoms with Crippen molar-refractivity contribution in [2.75, 3.05) is 45.4 Å². The van der Waals surface area contributed by atoms with Crippen LogP contribution in [0.15, 0.2) is 22.7 Å². The molecule has 0 aliphatic carbocycles. The van der Waals surface area contributed by atoms with Gasteiger partial charge in [-0.1, -0.05) is 22.0 Å². The lowest BCUT2D eigenvalue weighted by Crippen LogP contribution is -2.30. The van der Waals surface area contributed by atoms with Gasteiger partial charge < -0.3 is 19.5 Å². The summed E-state index contributed by atoms with van der Waals surface area (Å²) in [6.45, 7) is 4.82. The van der Waals surface area contributed by atoms with Crippen LogP contribution in [-0.2, 0) is 9.47 Å². The summed E-state index contributed by atoms with van der Waals surface area (Å²) in [6, 6.07) is 5.96. The highest BCUT2D eigenvalue weighted by molar-refractivity contribution is 9.10. The zero-order valence-corrected chi connectivity index (χ0v) is 14.0. The Labute approximate surface area is 129 Å². The third kappa shape index (κ3) is 5.40. The van der Waals surface area contributed by atoms with Crippen LogP contribution < -0.4 is 4.90 Å². The van der Waals surface area contributed by atoms with Crippen molar-refractivity contribution in [2.24, 2.45) is 0 Å². The Bertz CT molecular complexity index is 399. The number of ether oxygens (including phenoxy) is 2. The molecule has 1 N–H and O–H groups in total. The first-order valence-electron chi connectivity index (χ1n) is 6.80. The highest BCUT2D eigenvalue weighted by Gasteiger charge is 2.14. The normalized spacial score (nSPS) is 12.4. The Morgan fingerprint density at radius 1 is 1.20 bits per heavy atom. The SMILES string of the molecule is COCCCN(CCOC)c1cc(Br)ccc1C(C)O. The molecule has 1 atom stereocenters. The number of aliphatic hydroxyl groups is 1. The third-order valence-electron chi connectivity index (χ3n) is 3.13. The van der Waals surface area contributed by atoms with Crippen molar-refractivity contribution in [1.82, 2.24) is 0 Å². The molecule has 0 saturated heterocycles. The lowest BCUT2D eigenvalue weighted by Gasteiger charge is -2.28. The Balaban J connectivity index is 2.94. The van der Waals surface area contributed by atoms with Crippen molar-refractivity contribution < 1.29 is 14.6 Å².